The quantitative estimate of drug-likeness (QED) is 0.564. The number of carbonyl (C=O) groups excluding carboxylic acids is 3. The van der Waals surface area contributed by atoms with E-state index in [9.17, 15) is 14.4 Å². The second kappa shape index (κ2) is 8.63. The van der Waals surface area contributed by atoms with E-state index in [2.05, 4.69) is 21.2 Å². The first kappa shape index (κ1) is 18.2. The number of ether oxygens (including phenoxy) is 1. The molecule has 2 amide bonds. The van der Waals surface area contributed by atoms with Crippen molar-refractivity contribution in [2.24, 2.45) is 0 Å². The van der Waals surface area contributed by atoms with E-state index in [1.165, 1.54) is 18.0 Å². The third kappa shape index (κ3) is 6.54. The molecule has 1 aliphatic carbocycles. The molecule has 24 heavy (non-hydrogen) atoms. The largest absolute Gasteiger partial charge is 0.452 e. The van der Waals surface area contributed by atoms with Gasteiger partial charge in [-0.25, -0.2) is 4.79 Å². The molecule has 1 aromatic carbocycles. The molecule has 0 unspecified atom stereocenters. The van der Waals surface area contributed by atoms with Gasteiger partial charge in [-0.15, -0.1) is 0 Å². The highest BCUT2D eigenvalue weighted by Gasteiger charge is 2.24. The van der Waals surface area contributed by atoms with Gasteiger partial charge >= 0.3 is 5.97 Å². The number of likely N-dealkylation sites (N-methyl/N-ethyl adjacent to an activating group) is 1. The Morgan fingerprint density at radius 1 is 1.38 bits per heavy atom. The fourth-order valence-electron chi connectivity index (χ4n) is 1.87. The minimum absolute atomic E-state index is 0.0409. The van der Waals surface area contributed by atoms with Crippen molar-refractivity contribution in [1.29, 1.82) is 0 Å². The maximum atomic E-state index is 11.8. The molecule has 0 bridgehead atoms. The van der Waals surface area contributed by atoms with Crippen molar-refractivity contribution >= 4 is 39.8 Å². The van der Waals surface area contributed by atoms with Crippen LogP contribution in [0.1, 0.15) is 18.4 Å². The van der Waals surface area contributed by atoms with Crippen LogP contribution in [0.4, 0.5) is 0 Å². The molecule has 128 valence electrons. The highest BCUT2D eigenvalue weighted by molar-refractivity contribution is 9.10. The predicted octanol–water partition coefficient (Wildman–Crippen LogP) is 1.74. The van der Waals surface area contributed by atoms with Crippen molar-refractivity contribution in [3.8, 4) is 0 Å². The molecule has 0 aliphatic heterocycles. The molecule has 0 aromatic heterocycles. The van der Waals surface area contributed by atoms with Crippen LogP contribution in [0.5, 0.6) is 0 Å². The summed E-state index contributed by atoms with van der Waals surface area (Å²) in [6, 6.07) is 7.67. The summed E-state index contributed by atoms with van der Waals surface area (Å²) in [6.07, 6.45) is 4.84. The van der Waals surface area contributed by atoms with Crippen LogP contribution in [0.2, 0.25) is 0 Å². The predicted molar refractivity (Wildman–Crippen MR) is 92.9 cm³/mol. The maximum Gasteiger partial charge on any atom is 0.331 e. The van der Waals surface area contributed by atoms with Gasteiger partial charge in [-0.3, -0.25) is 9.59 Å². The van der Waals surface area contributed by atoms with Crippen LogP contribution in [0.15, 0.2) is 34.8 Å². The van der Waals surface area contributed by atoms with Crippen molar-refractivity contribution in [3.63, 3.8) is 0 Å². The molecule has 1 saturated carbocycles. The Balaban J connectivity index is 1.71. The van der Waals surface area contributed by atoms with Crippen LogP contribution >= 0.6 is 15.9 Å². The Bertz CT molecular complexity index is 656. The molecule has 0 saturated heterocycles. The molecule has 1 aromatic rings. The van der Waals surface area contributed by atoms with Crippen molar-refractivity contribution in [2.75, 3.05) is 20.2 Å². The number of hydrogen-bond donors (Lipinski definition) is 1. The Morgan fingerprint density at radius 2 is 2.12 bits per heavy atom. The van der Waals surface area contributed by atoms with Gasteiger partial charge in [0.05, 0.1) is 6.54 Å². The fourth-order valence-corrected chi connectivity index (χ4v) is 2.29. The van der Waals surface area contributed by atoms with E-state index < -0.39 is 18.5 Å². The number of carbonyl (C=O) groups is 3. The van der Waals surface area contributed by atoms with Gasteiger partial charge in [0.2, 0.25) is 5.91 Å². The van der Waals surface area contributed by atoms with E-state index in [0.717, 1.165) is 22.9 Å². The molecular weight excluding hydrogens is 376 g/mol. The van der Waals surface area contributed by atoms with E-state index in [4.69, 9.17) is 4.74 Å². The molecular formula is C17H19BrN2O4. The number of hydrogen-bond acceptors (Lipinski definition) is 4. The van der Waals surface area contributed by atoms with E-state index in [1.807, 2.05) is 24.3 Å². The Kier molecular flexibility index (Phi) is 6.54. The fraction of sp³-hybridized carbons (Fsp3) is 0.353. The first-order valence-corrected chi connectivity index (χ1v) is 8.37. The standard InChI is InChI=1S/C17H19BrN2O4/c1-20(10-15(21)19-14-6-7-14)16(22)11-24-17(23)8-5-12-3-2-4-13(18)9-12/h2-5,8-9,14H,6-7,10-11H2,1H3,(H,19,21)/b8-5+. The average molecular weight is 395 g/mol. The van der Waals surface area contributed by atoms with Gasteiger partial charge in [0.15, 0.2) is 6.61 Å². The van der Waals surface area contributed by atoms with Crippen LogP contribution < -0.4 is 5.32 Å². The molecule has 1 aliphatic rings. The summed E-state index contributed by atoms with van der Waals surface area (Å²) in [7, 11) is 1.50. The molecule has 1 fully saturated rings. The second-order valence-electron chi connectivity index (χ2n) is 5.59. The highest BCUT2D eigenvalue weighted by atomic mass is 79.9. The van der Waals surface area contributed by atoms with E-state index >= 15 is 0 Å². The zero-order valence-corrected chi connectivity index (χ0v) is 14.9. The Labute approximate surface area is 149 Å². The minimum atomic E-state index is -0.612. The van der Waals surface area contributed by atoms with Crippen LogP contribution in [0, 0.1) is 0 Å². The van der Waals surface area contributed by atoms with Gasteiger partial charge in [-0.05, 0) is 36.6 Å². The number of rotatable bonds is 7. The minimum Gasteiger partial charge on any atom is -0.452 e. The zero-order chi connectivity index (χ0) is 17.5. The molecule has 0 spiro atoms. The molecule has 0 atom stereocenters. The molecule has 1 N–H and O–H groups in total. The van der Waals surface area contributed by atoms with Gasteiger partial charge in [0.25, 0.3) is 5.91 Å². The summed E-state index contributed by atoms with van der Waals surface area (Å²) < 4.78 is 5.79. The highest BCUT2D eigenvalue weighted by Crippen LogP contribution is 2.18. The topological polar surface area (TPSA) is 75.7 Å². The third-order valence-corrected chi connectivity index (χ3v) is 3.84. The van der Waals surface area contributed by atoms with Gasteiger partial charge in [-0.2, -0.15) is 0 Å². The number of halogens is 1. The van der Waals surface area contributed by atoms with Crippen molar-refractivity contribution in [1.82, 2.24) is 10.2 Å². The Morgan fingerprint density at radius 3 is 2.79 bits per heavy atom. The summed E-state index contributed by atoms with van der Waals surface area (Å²) in [5.41, 5.74) is 0.835. The van der Waals surface area contributed by atoms with Crippen LogP contribution in [0.25, 0.3) is 6.08 Å². The lowest BCUT2D eigenvalue weighted by atomic mass is 10.2. The zero-order valence-electron chi connectivity index (χ0n) is 13.3. The van der Waals surface area contributed by atoms with Crippen molar-refractivity contribution in [3.05, 3.63) is 40.4 Å². The molecule has 2 rings (SSSR count). The van der Waals surface area contributed by atoms with E-state index in [0.29, 0.717) is 0 Å². The molecule has 0 heterocycles. The monoisotopic (exact) mass is 394 g/mol. The van der Waals surface area contributed by atoms with Crippen molar-refractivity contribution < 1.29 is 19.1 Å². The van der Waals surface area contributed by atoms with Crippen LogP contribution in [-0.2, 0) is 19.1 Å². The van der Waals surface area contributed by atoms with Gasteiger partial charge in [-0.1, -0.05) is 28.1 Å². The normalized spacial score (nSPS) is 13.6. The SMILES string of the molecule is CN(CC(=O)NC1CC1)C(=O)COC(=O)/C=C/c1cccc(Br)c1. The number of nitrogens with zero attached hydrogens (tertiary/aromatic N) is 1. The van der Waals surface area contributed by atoms with Crippen LogP contribution in [-0.4, -0.2) is 48.9 Å². The van der Waals surface area contributed by atoms with Gasteiger partial charge < -0.3 is 15.0 Å². The number of benzene rings is 1. The lowest BCUT2D eigenvalue weighted by Gasteiger charge is -2.16. The summed E-state index contributed by atoms with van der Waals surface area (Å²) in [4.78, 5) is 36.3. The van der Waals surface area contributed by atoms with Gasteiger partial charge in [0.1, 0.15) is 0 Å². The van der Waals surface area contributed by atoms with Gasteiger partial charge in [0, 0.05) is 23.6 Å². The summed E-state index contributed by atoms with van der Waals surface area (Å²) in [6.45, 7) is -0.435. The van der Waals surface area contributed by atoms with Crippen molar-refractivity contribution in [2.45, 2.75) is 18.9 Å². The molecule has 6 nitrogen and oxygen atoms in total. The number of amides is 2. The average Bonchev–Trinajstić information content (AvgIpc) is 3.34. The third-order valence-electron chi connectivity index (χ3n) is 3.35. The number of esters is 1. The Hall–Kier alpha value is -2.15. The smallest absolute Gasteiger partial charge is 0.331 e. The second-order valence-corrected chi connectivity index (χ2v) is 6.50. The summed E-state index contributed by atoms with van der Waals surface area (Å²) in [5.74, 6) is -1.24. The lowest BCUT2D eigenvalue weighted by molar-refractivity contribution is -0.148. The first-order chi connectivity index (χ1) is 11.4. The maximum absolute atomic E-state index is 11.8. The number of nitrogens with one attached hydrogen (secondary N) is 1. The first-order valence-electron chi connectivity index (χ1n) is 7.58. The van der Waals surface area contributed by atoms with E-state index in [-0.39, 0.29) is 18.5 Å². The summed E-state index contributed by atoms with van der Waals surface area (Å²) in [5, 5.41) is 2.79. The molecule has 7 heteroatoms. The molecule has 0 radical (unpaired) electrons. The van der Waals surface area contributed by atoms with Crippen LogP contribution in [0.3, 0.4) is 0 Å². The van der Waals surface area contributed by atoms with E-state index in [1.54, 1.807) is 6.08 Å². The lowest BCUT2D eigenvalue weighted by Crippen LogP contribution is -2.40. The summed E-state index contributed by atoms with van der Waals surface area (Å²) >= 11 is 3.34.